The van der Waals surface area contributed by atoms with E-state index >= 15 is 0 Å². The van der Waals surface area contributed by atoms with E-state index in [1.54, 1.807) is 37.1 Å². The van der Waals surface area contributed by atoms with Gasteiger partial charge in [0.2, 0.25) is 0 Å². The lowest BCUT2D eigenvalue weighted by Crippen LogP contribution is -2.37. The van der Waals surface area contributed by atoms with Crippen molar-refractivity contribution in [3.63, 3.8) is 0 Å². The predicted octanol–water partition coefficient (Wildman–Crippen LogP) is 4.34. The normalized spacial score (nSPS) is 12.6. The van der Waals surface area contributed by atoms with Crippen LogP contribution in [0, 0.1) is 0 Å². The second kappa shape index (κ2) is 8.10. The van der Waals surface area contributed by atoms with Crippen LogP contribution in [0.4, 0.5) is 0 Å². The maximum absolute atomic E-state index is 12.6. The molecule has 1 amide bonds. The summed E-state index contributed by atoms with van der Waals surface area (Å²) in [4.78, 5) is 31.3. The Bertz CT molecular complexity index is 949. The number of hydrogen-bond acceptors (Lipinski definition) is 5. The Kier molecular flexibility index (Phi) is 5.79. The number of esters is 1. The van der Waals surface area contributed by atoms with Gasteiger partial charge in [0.25, 0.3) is 5.91 Å². The van der Waals surface area contributed by atoms with E-state index in [1.807, 2.05) is 61.5 Å². The quantitative estimate of drug-likeness (QED) is 0.582. The zero-order valence-electron chi connectivity index (χ0n) is 16.5. The molecule has 0 fully saturated rings. The van der Waals surface area contributed by atoms with E-state index in [-0.39, 0.29) is 18.6 Å². The fraction of sp³-hybridized carbons (Fsp3) is 0.318. The van der Waals surface area contributed by atoms with Crippen LogP contribution in [0.5, 0.6) is 0 Å². The second-order valence-electron chi connectivity index (χ2n) is 7.27. The molecule has 0 aliphatic rings. The molecule has 0 unspecified atom stereocenters. The Morgan fingerprint density at radius 3 is 2.43 bits per heavy atom. The van der Waals surface area contributed by atoms with Gasteiger partial charge < -0.3 is 9.64 Å². The number of thiazole rings is 1. The zero-order chi connectivity index (χ0) is 20.3. The van der Waals surface area contributed by atoms with Crippen molar-refractivity contribution in [3.8, 4) is 0 Å². The number of amides is 1. The number of ether oxygens (including phenoxy) is 1. The van der Waals surface area contributed by atoms with E-state index in [9.17, 15) is 9.59 Å². The Morgan fingerprint density at radius 2 is 1.75 bits per heavy atom. The molecule has 3 aromatic rings. The summed E-state index contributed by atoms with van der Waals surface area (Å²) >= 11 is 1.56. The third kappa shape index (κ3) is 4.07. The molecule has 5 nitrogen and oxygen atoms in total. The van der Waals surface area contributed by atoms with Gasteiger partial charge in [0, 0.05) is 7.05 Å². The summed E-state index contributed by atoms with van der Waals surface area (Å²) in [6, 6.07) is 17.1. The molecule has 0 radical (unpaired) electrons. The van der Waals surface area contributed by atoms with E-state index in [1.165, 1.54) is 0 Å². The van der Waals surface area contributed by atoms with Crippen LogP contribution in [-0.4, -0.2) is 35.4 Å². The first kappa shape index (κ1) is 20.0. The van der Waals surface area contributed by atoms with E-state index in [0.717, 1.165) is 20.8 Å². The van der Waals surface area contributed by atoms with Crippen molar-refractivity contribution in [2.45, 2.75) is 32.2 Å². The highest BCUT2D eigenvalue weighted by Gasteiger charge is 2.32. The molecule has 2 aromatic carbocycles. The van der Waals surface area contributed by atoms with Crippen molar-refractivity contribution in [1.29, 1.82) is 0 Å². The van der Waals surface area contributed by atoms with Gasteiger partial charge in [-0.25, -0.2) is 4.98 Å². The van der Waals surface area contributed by atoms with Crippen molar-refractivity contribution in [1.82, 2.24) is 9.88 Å². The fourth-order valence-corrected chi connectivity index (χ4v) is 3.90. The second-order valence-corrected chi connectivity index (χ2v) is 8.33. The first-order valence-electron chi connectivity index (χ1n) is 9.14. The number of likely N-dealkylation sites (N-methyl/N-ethyl adjacent to an activating group) is 1. The summed E-state index contributed by atoms with van der Waals surface area (Å²) in [5.41, 5.74) is 0.952. The number of benzene rings is 2. The third-order valence-corrected chi connectivity index (χ3v) is 6.18. The molecule has 0 spiro atoms. The Balaban J connectivity index is 1.63. The fourth-order valence-electron chi connectivity index (χ4n) is 2.83. The van der Waals surface area contributed by atoms with E-state index < -0.39 is 11.4 Å². The highest BCUT2D eigenvalue weighted by atomic mass is 32.1. The van der Waals surface area contributed by atoms with Crippen LogP contribution in [0.3, 0.4) is 0 Å². The van der Waals surface area contributed by atoms with E-state index in [2.05, 4.69) is 4.98 Å². The summed E-state index contributed by atoms with van der Waals surface area (Å²) < 4.78 is 6.43. The maximum Gasteiger partial charge on any atom is 0.316 e. The molecule has 146 valence electrons. The van der Waals surface area contributed by atoms with Gasteiger partial charge in [0.05, 0.1) is 21.7 Å². The number of nitrogens with zero attached hydrogens (tertiary/aromatic N) is 2. The monoisotopic (exact) mass is 396 g/mol. The van der Waals surface area contributed by atoms with Gasteiger partial charge in [-0.2, -0.15) is 0 Å². The van der Waals surface area contributed by atoms with Gasteiger partial charge >= 0.3 is 5.97 Å². The van der Waals surface area contributed by atoms with Crippen LogP contribution in [0.1, 0.15) is 37.4 Å². The number of rotatable bonds is 6. The predicted molar refractivity (Wildman–Crippen MR) is 111 cm³/mol. The SMILES string of the molecule is C[C@H](c1nc2ccccc2s1)N(C)C(=O)COC(=O)C(C)(C)c1ccccc1. The maximum atomic E-state index is 12.6. The number of aromatic nitrogens is 1. The first-order chi connectivity index (χ1) is 13.3. The molecule has 28 heavy (non-hydrogen) atoms. The molecule has 6 heteroatoms. The van der Waals surface area contributed by atoms with Crippen LogP contribution >= 0.6 is 11.3 Å². The summed E-state index contributed by atoms with van der Waals surface area (Å²) in [7, 11) is 1.70. The average molecular weight is 397 g/mol. The molecule has 1 heterocycles. The van der Waals surface area contributed by atoms with Crippen molar-refractivity contribution in [3.05, 3.63) is 65.2 Å². The minimum Gasteiger partial charge on any atom is -0.455 e. The minimum absolute atomic E-state index is 0.203. The van der Waals surface area contributed by atoms with Crippen molar-refractivity contribution < 1.29 is 14.3 Å². The first-order valence-corrected chi connectivity index (χ1v) is 9.96. The zero-order valence-corrected chi connectivity index (χ0v) is 17.3. The minimum atomic E-state index is -0.821. The summed E-state index contributed by atoms with van der Waals surface area (Å²) in [6.07, 6.45) is 0. The van der Waals surface area contributed by atoms with E-state index in [0.29, 0.717) is 0 Å². The number of hydrogen-bond donors (Lipinski definition) is 0. The summed E-state index contributed by atoms with van der Waals surface area (Å²) in [5, 5.41) is 0.855. The van der Waals surface area contributed by atoms with Gasteiger partial charge in [-0.15, -0.1) is 11.3 Å². The van der Waals surface area contributed by atoms with Crippen LogP contribution in [0.2, 0.25) is 0 Å². The number of carbonyl (C=O) groups is 2. The van der Waals surface area contributed by atoms with Crippen LogP contribution in [-0.2, 0) is 19.7 Å². The van der Waals surface area contributed by atoms with Crippen molar-refractivity contribution in [2.75, 3.05) is 13.7 Å². The summed E-state index contributed by atoms with van der Waals surface area (Å²) in [5.74, 6) is -0.683. The Labute approximate surface area is 169 Å². The van der Waals surface area contributed by atoms with Gasteiger partial charge in [-0.05, 0) is 38.5 Å². The van der Waals surface area contributed by atoms with Gasteiger partial charge in [-0.1, -0.05) is 42.5 Å². The molecule has 1 atom stereocenters. The van der Waals surface area contributed by atoms with Crippen molar-refractivity contribution >= 4 is 33.4 Å². The largest absolute Gasteiger partial charge is 0.455 e. The molecule has 0 saturated carbocycles. The topological polar surface area (TPSA) is 59.5 Å². The standard InChI is InChI=1S/C22H24N2O3S/c1-15(20-23-17-12-8-9-13-18(17)28-20)24(4)19(25)14-27-21(26)22(2,3)16-10-6-5-7-11-16/h5-13,15H,14H2,1-4H3/t15-/m1/s1. The smallest absolute Gasteiger partial charge is 0.316 e. The van der Waals surface area contributed by atoms with Crippen LogP contribution in [0.25, 0.3) is 10.2 Å². The molecule has 1 aromatic heterocycles. The van der Waals surface area contributed by atoms with E-state index in [4.69, 9.17) is 4.74 Å². The van der Waals surface area contributed by atoms with Gasteiger partial charge in [0.15, 0.2) is 6.61 Å². The molecule has 0 aliphatic heterocycles. The highest BCUT2D eigenvalue weighted by molar-refractivity contribution is 7.18. The lowest BCUT2D eigenvalue weighted by atomic mass is 9.85. The molecule has 0 N–H and O–H groups in total. The van der Waals surface area contributed by atoms with Crippen LogP contribution < -0.4 is 0 Å². The van der Waals surface area contributed by atoms with Gasteiger partial charge in [0.1, 0.15) is 5.01 Å². The Morgan fingerprint density at radius 1 is 1.11 bits per heavy atom. The highest BCUT2D eigenvalue weighted by Crippen LogP contribution is 2.29. The average Bonchev–Trinajstić information content (AvgIpc) is 3.15. The molecule has 0 saturated heterocycles. The number of para-hydroxylation sites is 1. The lowest BCUT2D eigenvalue weighted by molar-refractivity contribution is -0.156. The number of carbonyl (C=O) groups excluding carboxylic acids is 2. The van der Waals surface area contributed by atoms with Gasteiger partial charge in [-0.3, -0.25) is 9.59 Å². The molecular weight excluding hydrogens is 372 g/mol. The number of fused-ring (bicyclic) bond motifs is 1. The lowest BCUT2D eigenvalue weighted by Gasteiger charge is -2.26. The summed E-state index contributed by atoms with van der Waals surface area (Å²) in [6.45, 7) is 5.22. The van der Waals surface area contributed by atoms with Crippen LogP contribution in [0.15, 0.2) is 54.6 Å². The Hall–Kier alpha value is -2.73. The third-order valence-electron chi connectivity index (χ3n) is 4.97. The van der Waals surface area contributed by atoms with Crippen molar-refractivity contribution in [2.24, 2.45) is 0 Å². The molecule has 0 bridgehead atoms. The molecular formula is C22H24N2O3S. The molecule has 0 aliphatic carbocycles. The molecule has 3 rings (SSSR count).